The first-order valence-corrected chi connectivity index (χ1v) is 11.8. The Bertz CT molecular complexity index is 993. The Morgan fingerprint density at radius 2 is 1.64 bits per heavy atom. The van der Waals surface area contributed by atoms with Crippen molar-refractivity contribution in [3.8, 4) is 0 Å². The molecular weight excluding hydrogens is 402 g/mol. The summed E-state index contributed by atoms with van der Waals surface area (Å²) >= 11 is 0. The molecule has 1 saturated heterocycles. The largest absolute Gasteiger partial charge is 0.374 e. The van der Waals surface area contributed by atoms with E-state index in [1.807, 2.05) is 18.2 Å². The number of nitrogens with two attached hydrogens (primary N) is 1. The lowest BCUT2D eigenvalue weighted by atomic mass is 10.2. The van der Waals surface area contributed by atoms with E-state index < -0.39 is 20.0 Å². The van der Waals surface area contributed by atoms with Crippen LogP contribution in [0.2, 0.25) is 0 Å². The lowest BCUT2D eigenvalue weighted by molar-refractivity contribution is -0.0276. The molecule has 2 aromatic carbocycles. The van der Waals surface area contributed by atoms with Crippen LogP contribution in [-0.2, 0) is 31.3 Å². The molecule has 3 N–H and O–H groups in total. The van der Waals surface area contributed by atoms with Crippen LogP contribution >= 0.6 is 0 Å². The maximum Gasteiger partial charge on any atom is 0.240 e. The molecule has 1 unspecified atom stereocenters. The van der Waals surface area contributed by atoms with Crippen LogP contribution in [0.15, 0.2) is 64.4 Å². The number of nitrogens with zero attached hydrogens (tertiary/aromatic N) is 1. The Hall–Kier alpha value is -1.82. The second-order valence-electron chi connectivity index (χ2n) is 6.58. The van der Waals surface area contributed by atoms with E-state index in [0.717, 1.165) is 13.1 Å². The van der Waals surface area contributed by atoms with Crippen molar-refractivity contribution < 1.29 is 21.6 Å². The fourth-order valence-electron chi connectivity index (χ4n) is 2.98. The zero-order chi connectivity index (χ0) is 20.2. The molecule has 8 nitrogen and oxygen atoms in total. The van der Waals surface area contributed by atoms with Gasteiger partial charge in [-0.2, -0.15) is 0 Å². The number of hydrogen-bond donors (Lipinski definition) is 2. The highest BCUT2D eigenvalue weighted by molar-refractivity contribution is 7.89. The van der Waals surface area contributed by atoms with Crippen LogP contribution in [-0.4, -0.2) is 54.1 Å². The first-order valence-electron chi connectivity index (χ1n) is 8.74. The highest BCUT2D eigenvalue weighted by Crippen LogP contribution is 2.14. The lowest BCUT2D eigenvalue weighted by Gasteiger charge is -2.33. The predicted octanol–water partition coefficient (Wildman–Crippen LogP) is 0.513. The smallest absolute Gasteiger partial charge is 0.240 e. The maximum atomic E-state index is 12.4. The van der Waals surface area contributed by atoms with Gasteiger partial charge >= 0.3 is 0 Å². The number of ether oxygens (including phenoxy) is 1. The number of primary sulfonamides is 1. The summed E-state index contributed by atoms with van der Waals surface area (Å²) in [5.74, 6) is 0. The topological polar surface area (TPSA) is 119 Å². The van der Waals surface area contributed by atoms with Crippen molar-refractivity contribution >= 4 is 20.0 Å². The van der Waals surface area contributed by atoms with E-state index in [0.29, 0.717) is 13.2 Å². The van der Waals surface area contributed by atoms with Crippen LogP contribution in [0, 0.1) is 0 Å². The highest BCUT2D eigenvalue weighted by Gasteiger charge is 2.23. The van der Waals surface area contributed by atoms with Gasteiger partial charge in [-0.05, 0) is 29.8 Å². The molecule has 0 spiro atoms. The standard InChI is InChI=1S/C18H23N3O5S2/c19-27(22,23)17-6-8-18(9-7-17)28(24,25)20-12-16-14-21(10-11-26-16)13-15-4-2-1-3-5-15/h1-9,16,20H,10-14H2,(H2,19,22,23). The van der Waals surface area contributed by atoms with Gasteiger partial charge in [0, 0.05) is 26.2 Å². The van der Waals surface area contributed by atoms with Crippen LogP contribution in [0.3, 0.4) is 0 Å². The Kier molecular flexibility index (Phi) is 6.48. The SMILES string of the molecule is NS(=O)(=O)c1ccc(S(=O)(=O)NCC2CN(Cc3ccccc3)CCO2)cc1. The molecular formula is C18H23N3O5S2. The predicted molar refractivity (Wildman–Crippen MR) is 104 cm³/mol. The van der Waals surface area contributed by atoms with Crippen LogP contribution < -0.4 is 9.86 Å². The fraction of sp³-hybridized carbons (Fsp3) is 0.333. The van der Waals surface area contributed by atoms with Gasteiger partial charge in [0.05, 0.1) is 22.5 Å². The number of hydrogen-bond acceptors (Lipinski definition) is 6. The second-order valence-corrected chi connectivity index (χ2v) is 9.91. The van der Waals surface area contributed by atoms with Gasteiger partial charge in [0.25, 0.3) is 0 Å². The van der Waals surface area contributed by atoms with Crippen molar-refractivity contribution in [2.75, 3.05) is 26.2 Å². The minimum atomic E-state index is -3.87. The summed E-state index contributed by atoms with van der Waals surface area (Å²) in [6, 6.07) is 14.8. The molecule has 0 radical (unpaired) electrons. The van der Waals surface area contributed by atoms with Gasteiger partial charge in [0.15, 0.2) is 0 Å². The van der Waals surface area contributed by atoms with Gasteiger partial charge in [0.1, 0.15) is 0 Å². The van der Waals surface area contributed by atoms with Crippen molar-refractivity contribution in [1.29, 1.82) is 0 Å². The first-order chi connectivity index (χ1) is 13.2. The zero-order valence-electron chi connectivity index (χ0n) is 15.2. The van der Waals surface area contributed by atoms with E-state index in [1.165, 1.54) is 29.8 Å². The van der Waals surface area contributed by atoms with Crippen molar-refractivity contribution in [3.05, 3.63) is 60.2 Å². The van der Waals surface area contributed by atoms with Gasteiger partial charge < -0.3 is 4.74 Å². The number of rotatable bonds is 7. The molecule has 0 saturated carbocycles. The fourth-order valence-corrected chi connectivity index (χ4v) is 4.57. The molecule has 0 aromatic heterocycles. The van der Waals surface area contributed by atoms with E-state index in [2.05, 4.69) is 21.8 Å². The van der Waals surface area contributed by atoms with Gasteiger partial charge in [-0.3, -0.25) is 4.90 Å². The van der Waals surface area contributed by atoms with E-state index in [4.69, 9.17) is 9.88 Å². The molecule has 0 aliphatic carbocycles. The van der Waals surface area contributed by atoms with Crippen LogP contribution in [0.5, 0.6) is 0 Å². The minimum absolute atomic E-state index is 0.0307. The number of sulfonamides is 2. The van der Waals surface area contributed by atoms with Gasteiger partial charge in [-0.25, -0.2) is 26.7 Å². The third-order valence-corrected chi connectivity index (χ3v) is 6.80. The molecule has 1 atom stereocenters. The Labute approximate surface area is 165 Å². The molecule has 1 fully saturated rings. The average Bonchev–Trinajstić information content (AvgIpc) is 2.67. The lowest BCUT2D eigenvalue weighted by Crippen LogP contribution is -2.47. The third-order valence-electron chi connectivity index (χ3n) is 4.44. The molecule has 2 aromatic rings. The summed E-state index contributed by atoms with van der Waals surface area (Å²) in [4.78, 5) is 2.05. The molecule has 10 heteroatoms. The van der Waals surface area contributed by atoms with Crippen LogP contribution in [0.4, 0.5) is 0 Å². The second kappa shape index (κ2) is 8.68. The normalized spacial score (nSPS) is 18.8. The van der Waals surface area contributed by atoms with Crippen molar-refractivity contribution in [2.45, 2.75) is 22.4 Å². The average molecular weight is 426 g/mol. The summed E-state index contributed by atoms with van der Waals surface area (Å²) in [6.45, 7) is 2.84. The summed E-state index contributed by atoms with van der Waals surface area (Å²) in [5.41, 5.74) is 1.19. The van der Waals surface area contributed by atoms with E-state index in [-0.39, 0.29) is 22.4 Å². The molecule has 3 rings (SSSR count). The quantitative estimate of drug-likeness (QED) is 0.667. The van der Waals surface area contributed by atoms with Crippen LogP contribution in [0.25, 0.3) is 0 Å². The number of morpholine rings is 1. The van der Waals surface area contributed by atoms with Crippen LogP contribution in [0.1, 0.15) is 5.56 Å². The molecule has 152 valence electrons. The van der Waals surface area contributed by atoms with Gasteiger partial charge in [0.2, 0.25) is 20.0 Å². The summed E-state index contributed by atoms with van der Waals surface area (Å²) < 4.78 is 55.7. The van der Waals surface area contributed by atoms with Crippen molar-refractivity contribution in [2.24, 2.45) is 5.14 Å². The summed E-state index contributed by atoms with van der Waals surface area (Å²) in [6.07, 6.45) is -0.268. The zero-order valence-corrected chi connectivity index (χ0v) is 16.8. The maximum absolute atomic E-state index is 12.4. The van der Waals surface area contributed by atoms with Crippen molar-refractivity contribution in [1.82, 2.24) is 9.62 Å². The highest BCUT2D eigenvalue weighted by atomic mass is 32.2. The summed E-state index contributed by atoms with van der Waals surface area (Å²) in [7, 11) is -7.65. The van der Waals surface area contributed by atoms with Gasteiger partial charge in [-0.1, -0.05) is 30.3 Å². The summed E-state index contributed by atoms with van der Waals surface area (Å²) in [5, 5.41) is 5.03. The molecule has 1 aliphatic heterocycles. The van der Waals surface area contributed by atoms with E-state index >= 15 is 0 Å². The molecule has 28 heavy (non-hydrogen) atoms. The number of nitrogens with one attached hydrogen (secondary N) is 1. The molecule has 0 amide bonds. The molecule has 1 aliphatic rings. The molecule has 0 bridgehead atoms. The third kappa shape index (κ3) is 5.60. The van der Waals surface area contributed by atoms with Gasteiger partial charge in [-0.15, -0.1) is 0 Å². The Morgan fingerprint density at radius 3 is 2.29 bits per heavy atom. The Morgan fingerprint density at radius 1 is 1.00 bits per heavy atom. The number of benzene rings is 2. The van der Waals surface area contributed by atoms with E-state index in [1.54, 1.807) is 0 Å². The minimum Gasteiger partial charge on any atom is -0.374 e. The Balaban J connectivity index is 1.58. The van der Waals surface area contributed by atoms with E-state index in [9.17, 15) is 16.8 Å². The molecule has 1 heterocycles. The van der Waals surface area contributed by atoms with Crippen molar-refractivity contribution in [3.63, 3.8) is 0 Å². The first kappa shape index (κ1) is 20.9. The monoisotopic (exact) mass is 425 g/mol.